The zero-order valence-corrected chi connectivity index (χ0v) is 14.0. The molecule has 0 bridgehead atoms. The van der Waals surface area contributed by atoms with E-state index < -0.39 is 11.7 Å². The standard InChI is InChI=1S/C18H20ClFN2O/c1-22(2)15(10-13-6-4-3-5-7-13)12-21-18(23)16-9-8-14(19)11-17(16)20/h3-9,11,15H,10,12H2,1-2H3,(H,21,23)/t15-/m1/s1. The molecule has 0 radical (unpaired) electrons. The third kappa shape index (κ3) is 5.05. The molecule has 0 saturated heterocycles. The van der Waals surface area contributed by atoms with Crippen molar-refractivity contribution in [2.75, 3.05) is 20.6 Å². The van der Waals surface area contributed by atoms with Gasteiger partial charge < -0.3 is 10.2 Å². The summed E-state index contributed by atoms with van der Waals surface area (Å²) in [7, 11) is 3.92. The third-order valence-electron chi connectivity index (χ3n) is 3.72. The second-order valence-electron chi connectivity index (χ2n) is 5.64. The fraction of sp³-hybridized carbons (Fsp3) is 0.278. The topological polar surface area (TPSA) is 32.3 Å². The van der Waals surface area contributed by atoms with E-state index in [9.17, 15) is 9.18 Å². The van der Waals surface area contributed by atoms with Gasteiger partial charge in [0.05, 0.1) is 5.56 Å². The molecule has 1 amide bonds. The molecule has 0 aliphatic heterocycles. The third-order valence-corrected chi connectivity index (χ3v) is 3.95. The van der Waals surface area contributed by atoms with Crippen LogP contribution in [0.15, 0.2) is 48.5 Å². The molecule has 0 unspecified atom stereocenters. The second kappa shape index (κ2) is 8.09. The Balaban J connectivity index is 1.99. The first-order valence-corrected chi connectivity index (χ1v) is 7.79. The Hall–Kier alpha value is -1.91. The summed E-state index contributed by atoms with van der Waals surface area (Å²) in [6.45, 7) is 0.433. The average Bonchev–Trinajstić information content (AvgIpc) is 2.51. The number of nitrogens with zero attached hydrogens (tertiary/aromatic N) is 1. The zero-order valence-electron chi connectivity index (χ0n) is 13.2. The molecule has 0 fully saturated rings. The molecule has 0 aliphatic rings. The molecular formula is C18H20ClFN2O. The van der Waals surface area contributed by atoms with Gasteiger partial charge in [-0.25, -0.2) is 4.39 Å². The van der Waals surface area contributed by atoms with Crippen molar-refractivity contribution >= 4 is 17.5 Å². The molecule has 3 nitrogen and oxygen atoms in total. The molecule has 2 aromatic carbocycles. The van der Waals surface area contributed by atoms with Crippen LogP contribution in [0.4, 0.5) is 4.39 Å². The summed E-state index contributed by atoms with van der Waals surface area (Å²) >= 11 is 5.70. The molecule has 2 aromatic rings. The molecule has 0 heterocycles. The fourth-order valence-electron chi connectivity index (χ4n) is 2.30. The number of carbonyl (C=O) groups excluding carboxylic acids is 1. The molecule has 0 aromatic heterocycles. The molecular weight excluding hydrogens is 315 g/mol. The van der Waals surface area contributed by atoms with Crippen molar-refractivity contribution < 1.29 is 9.18 Å². The van der Waals surface area contributed by atoms with Gasteiger partial charge in [-0.1, -0.05) is 41.9 Å². The van der Waals surface area contributed by atoms with Crippen molar-refractivity contribution in [3.8, 4) is 0 Å². The van der Waals surface area contributed by atoms with Crippen LogP contribution in [0.5, 0.6) is 0 Å². The van der Waals surface area contributed by atoms with Gasteiger partial charge in [-0.05, 0) is 44.3 Å². The van der Waals surface area contributed by atoms with Gasteiger partial charge in [-0.2, -0.15) is 0 Å². The Kier molecular flexibility index (Phi) is 6.13. The lowest BCUT2D eigenvalue weighted by molar-refractivity contribution is 0.0937. The maximum absolute atomic E-state index is 13.8. The minimum atomic E-state index is -0.612. The highest BCUT2D eigenvalue weighted by Gasteiger charge is 2.16. The average molecular weight is 335 g/mol. The summed E-state index contributed by atoms with van der Waals surface area (Å²) in [5.41, 5.74) is 1.20. The number of carbonyl (C=O) groups is 1. The number of hydrogen-bond acceptors (Lipinski definition) is 2. The van der Waals surface area contributed by atoms with E-state index in [-0.39, 0.29) is 16.6 Å². The van der Waals surface area contributed by atoms with Gasteiger partial charge in [-0.3, -0.25) is 4.79 Å². The van der Waals surface area contributed by atoms with Crippen molar-refractivity contribution in [2.45, 2.75) is 12.5 Å². The van der Waals surface area contributed by atoms with Crippen molar-refractivity contribution in [3.05, 3.63) is 70.5 Å². The van der Waals surface area contributed by atoms with Gasteiger partial charge in [0.15, 0.2) is 0 Å². The lowest BCUT2D eigenvalue weighted by Gasteiger charge is -2.25. The molecule has 1 atom stereocenters. The van der Waals surface area contributed by atoms with Gasteiger partial charge in [0, 0.05) is 17.6 Å². The van der Waals surface area contributed by atoms with Gasteiger partial charge in [-0.15, -0.1) is 0 Å². The Labute approximate surface area is 141 Å². The second-order valence-corrected chi connectivity index (χ2v) is 6.08. The van der Waals surface area contributed by atoms with Gasteiger partial charge >= 0.3 is 0 Å². The highest BCUT2D eigenvalue weighted by atomic mass is 35.5. The summed E-state index contributed by atoms with van der Waals surface area (Å²) in [6.07, 6.45) is 0.803. The minimum absolute atomic E-state index is 0.00613. The lowest BCUT2D eigenvalue weighted by Crippen LogP contribution is -2.41. The van der Waals surface area contributed by atoms with E-state index in [1.165, 1.54) is 17.7 Å². The van der Waals surface area contributed by atoms with E-state index in [1.807, 2.05) is 37.2 Å². The molecule has 0 spiro atoms. The Morgan fingerprint density at radius 3 is 2.52 bits per heavy atom. The van der Waals surface area contributed by atoms with Gasteiger partial charge in [0.1, 0.15) is 5.82 Å². The number of halogens is 2. The van der Waals surface area contributed by atoms with E-state index in [4.69, 9.17) is 11.6 Å². The summed E-state index contributed by atoms with van der Waals surface area (Å²) in [5.74, 6) is -1.04. The van der Waals surface area contributed by atoms with Crippen LogP contribution in [0.2, 0.25) is 5.02 Å². The number of amides is 1. The number of hydrogen-bond donors (Lipinski definition) is 1. The van der Waals surface area contributed by atoms with E-state index in [0.29, 0.717) is 6.54 Å². The van der Waals surface area contributed by atoms with Crippen LogP contribution in [0.1, 0.15) is 15.9 Å². The molecule has 5 heteroatoms. The Morgan fingerprint density at radius 1 is 1.22 bits per heavy atom. The van der Waals surface area contributed by atoms with Crippen LogP contribution < -0.4 is 5.32 Å². The maximum atomic E-state index is 13.8. The molecule has 122 valence electrons. The first-order valence-electron chi connectivity index (χ1n) is 7.41. The van der Waals surface area contributed by atoms with Crippen molar-refractivity contribution in [3.63, 3.8) is 0 Å². The fourth-order valence-corrected chi connectivity index (χ4v) is 2.46. The Bertz CT molecular complexity index is 661. The number of rotatable bonds is 6. The van der Waals surface area contributed by atoms with Crippen LogP contribution in [-0.4, -0.2) is 37.5 Å². The molecule has 1 N–H and O–H groups in total. The SMILES string of the molecule is CN(C)[C@@H](CNC(=O)c1ccc(Cl)cc1F)Cc1ccccc1. The smallest absolute Gasteiger partial charge is 0.254 e. The van der Waals surface area contributed by atoms with Crippen LogP contribution in [-0.2, 0) is 6.42 Å². The van der Waals surface area contributed by atoms with Crippen molar-refractivity contribution in [2.24, 2.45) is 0 Å². The predicted molar refractivity (Wildman–Crippen MR) is 91.4 cm³/mol. The summed E-state index contributed by atoms with van der Waals surface area (Å²) < 4.78 is 13.8. The first-order chi connectivity index (χ1) is 11.0. The minimum Gasteiger partial charge on any atom is -0.350 e. The van der Waals surface area contributed by atoms with Crippen LogP contribution >= 0.6 is 11.6 Å². The number of nitrogens with one attached hydrogen (secondary N) is 1. The maximum Gasteiger partial charge on any atom is 0.254 e. The quantitative estimate of drug-likeness (QED) is 0.878. The highest BCUT2D eigenvalue weighted by Crippen LogP contribution is 2.14. The molecule has 0 aliphatic carbocycles. The Morgan fingerprint density at radius 2 is 1.91 bits per heavy atom. The molecule has 2 rings (SSSR count). The normalized spacial score (nSPS) is 12.2. The summed E-state index contributed by atoms with van der Waals surface area (Å²) in [6, 6.07) is 14.2. The number of benzene rings is 2. The molecule has 23 heavy (non-hydrogen) atoms. The highest BCUT2D eigenvalue weighted by molar-refractivity contribution is 6.30. The van der Waals surface area contributed by atoms with Crippen LogP contribution in [0.25, 0.3) is 0 Å². The predicted octanol–water partition coefficient (Wildman–Crippen LogP) is 3.38. The monoisotopic (exact) mass is 334 g/mol. The van der Waals surface area contributed by atoms with Gasteiger partial charge in [0.25, 0.3) is 5.91 Å². The van der Waals surface area contributed by atoms with Gasteiger partial charge in [0.2, 0.25) is 0 Å². The van der Waals surface area contributed by atoms with Crippen LogP contribution in [0.3, 0.4) is 0 Å². The van der Waals surface area contributed by atoms with Crippen LogP contribution in [0, 0.1) is 5.82 Å². The summed E-state index contributed by atoms with van der Waals surface area (Å²) in [4.78, 5) is 14.2. The lowest BCUT2D eigenvalue weighted by atomic mass is 10.0. The van der Waals surface area contributed by atoms with E-state index >= 15 is 0 Å². The van der Waals surface area contributed by atoms with E-state index in [2.05, 4.69) is 17.4 Å². The van der Waals surface area contributed by atoms with Crippen molar-refractivity contribution in [1.29, 1.82) is 0 Å². The zero-order chi connectivity index (χ0) is 16.8. The summed E-state index contributed by atoms with van der Waals surface area (Å²) in [5, 5.41) is 3.07. The molecule has 0 saturated carbocycles. The van der Waals surface area contributed by atoms with E-state index in [1.54, 1.807) is 0 Å². The largest absolute Gasteiger partial charge is 0.350 e. The first kappa shape index (κ1) is 17.4. The van der Waals surface area contributed by atoms with E-state index in [0.717, 1.165) is 12.5 Å². The number of likely N-dealkylation sites (N-methyl/N-ethyl adjacent to an activating group) is 1. The van der Waals surface area contributed by atoms with Crippen molar-refractivity contribution in [1.82, 2.24) is 10.2 Å².